The molecule has 0 bridgehead atoms. The molecule has 3 aliphatic rings. The highest BCUT2D eigenvalue weighted by atomic mass is 19.4. The Morgan fingerprint density at radius 1 is 1.17 bits per heavy atom. The number of carbonyl (C=O) groups is 2. The normalized spacial score (nSPS) is 32.2. The quantitative estimate of drug-likeness (QED) is 0.777. The molecule has 136 valence electrons. The maximum Gasteiger partial charge on any atom is 0.406 e. The van der Waals surface area contributed by atoms with Gasteiger partial charge in [-0.3, -0.25) is 9.59 Å². The zero-order chi connectivity index (χ0) is 17.5. The van der Waals surface area contributed by atoms with Crippen molar-refractivity contribution in [3.05, 3.63) is 0 Å². The lowest BCUT2D eigenvalue weighted by molar-refractivity contribution is -0.157. The fourth-order valence-corrected chi connectivity index (χ4v) is 4.43. The maximum atomic E-state index is 12.8. The van der Waals surface area contributed by atoms with Crippen molar-refractivity contribution < 1.29 is 22.8 Å². The third kappa shape index (κ3) is 3.53. The molecule has 2 amide bonds. The number of likely N-dealkylation sites (tertiary alicyclic amines) is 3. The summed E-state index contributed by atoms with van der Waals surface area (Å²) in [4.78, 5) is 29.5. The summed E-state index contributed by atoms with van der Waals surface area (Å²) in [6, 6.07) is 0.469. The highest BCUT2D eigenvalue weighted by Gasteiger charge is 2.45. The van der Waals surface area contributed by atoms with Crippen LogP contribution in [0.5, 0.6) is 0 Å². The van der Waals surface area contributed by atoms with Crippen molar-refractivity contribution >= 4 is 11.8 Å². The van der Waals surface area contributed by atoms with Gasteiger partial charge in [0.05, 0.1) is 5.92 Å². The Kier molecular flexibility index (Phi) is 4.77. The summed E-state index contributed by atoms with van der Waals surface area (Å²) < 4.78 is 37.6. The molecule has 3 heterocycles. The Hall–Kier alpha value is -1.31. The number of nitrogens with zero attached hydrogens (tertiary/aromatic N) is 3. The predicted octanol–water partition coefficient (Wildman–Crippen LogP) is 1.48. The highest BCUT2D eigenvalue weighted by molar-refractivity contribution is 5.89. The van der Waals surface area contributed by atoms with Crippen LogP contribution in [-0.2, 0) is 9.59 Å². The lowest BCUT2D eigenvalue weighted by Crippen LogP contribution is -2.49. The number of amides is 2. The van der Waals surface area contributed by atoms with Gasteiger partial charge in [-0.15, -0.1) is 0 Å². The second kappa shape index (κ2) is 6.54. The second-order valence-electron chi connectivity index (χ2n) is 7.22. The molecule has 3 fully saturated rings. The molecule has 0 aromatic carbocycles. The molecule has 0 aliphatic carbocycles. The number of halogens is 3. The van der Waals surface area contributed by atoms with Crippen LogP contribution >= 0.6 is 0 Å². The van der Waals surface area contributed by atoms with Crippen molar-refractivity contribution in [2.24, 2.45) is 5.92 Å². The van der Waals surface area contributed by atoms with E-state index in [0.717, 1.165) is 37.1 Å². The zero-order valence-electron chi connectivity index (χ0n) is 13.9. The number of alkyl halides is 3. The monoisotopic (exact) mass is 347 g/mol. The Morgan fingerprint density at radius 3 is 2.46 bits per heavy atom. The maximum absolute atomic E-state index is 12.8. The Morgan fingerprint density at radius 2 is 1.83 bits per heavy atom. The molecule has 24 heavy (non-hydrogen) atoms. The van der Waals surface area contributed by atoms with E-state index < -0.39 is 24.5 Å². The van der Waals surface area contributed by atoms with E-state index in [1.165, 1.54) is 0 Å². The molecule has 0 aromatic rings. The summed E-state index contributed by atoms with van der Waals surface area (Å²) in [7, 11) is 2.06. The first-order chi connectivity index (χ1) is 11.3. The van der Waals surface area contributed by atoms with E-state index in [0.29, 0.717) is 12.6 Å². The molecule has 0 N–H and O–H groups in total. The summed E-state index contributed by atoms with van der Waals surface area (Å²) in [5.41, 5.74) is 0. The van der Waals surface area contributed by atoms with Crippen molar-refractivity contribution in [3.63, 3.8) is 0 Å². The van der Waals surface area contributed by atoms with Crippen LogP contribution in [0.15, 0.2) is 0 Å². The molecule has 8 heteroatoms. The first-order valence-corrected chi connectivity index (χ1v) is 8.61. The summed E-state index contributed by atoms with van der Waals surface area (Å²) in [5, 5.41) is 0. The van der Waals surface area contributed by atoms with E-state index in [4.69, 9.17) is 0 Å². The van der Waals surface area contributed by atoms with Gasteiger partial charge in [0.1, 0.15) is 6.54 Å². The van der Waals surface area contributed by atoms with Gasteiger partial charge in [0.15, 0.2) is 0 Å². The zero-order valence-corrected chi connectivity index (χ0v) is 13.9. The van der Waals surface area contributed by atoms with Gasteiger partial charge in [-0.05, 0) is 39.3 Å². The second-order valence-corrected chi connectivity index (χ2v) is 7.22. The van der Waals surface area contributed by atoms with Gasteiger partial charge in [-0.1, -0.05) is 0 Å². The summed E-state index contributed by atoms with van der Waals surface area (Å²) in [6.45, 7) is 0.299. The largest absolute Gasteiger partial charge is 0.406 e. The van der Waals surface area contributed by atoms with Gasteiger partial charge in [0.25, 0.3) is 0 Å². The van der Waals surface area contributed by atoms with Gasteiger partial charge >= 0.3 is 6.18 Å². The van der Waals surface area contributed by atoms with Crippen molar-refractivity contribution in [2.45, 2.75) is 50.4 Å². The van der Waals surface area contributed by atoms with Gasteiger partial charge in [-0.2, -0.15) is 13.2 Å². The predicted molar refractivity (Wildman–Crippen MR) is 81.1 cm³/mol. The van der Waals surface area contributed by atoms with E-state index in [1.54, 1.807) is 0 Å². The fraction of sp³-hybridized carbons (Fsp3) is 0.875. The standard InChI is InChI=1S/C16H24F3N3O2/c1-20-6-2-4-12(20)13-5-3-7-22(13)15(24)11-8-14(23)21(9-11)10-16(17,18)19/h11-13H,2-10H2,1H3/t11-,12+,13+/m0/s1. The molecule has 0 radical (unpaired) electrons. The molecule has 3 rings (SSSR count). The number of carbonyl (C=O) groups excluding carboxylic acids is 2. The summed E-state index contributed by atoms with van der Waals surface area (Å²) >= 11 is 0. The minimum absolute atomic E-state index is 0.0986. The number of hydrogen-bond donors (Lipinski definition) is 0. The third-order valence-corrected chi connectivity index (χ3v) is 5.54. The van der Waals surface area contributed by atoms with Crippen molar-refractivity contribution in [1.29, 1.82) is 0 Å². The van der Waals surface area contributed by atoms with Crippen LogP contribution in [0.3, 0.4) is 0 Å². The SMILES string of the molecule is CN1CCC[C@@H]1[C@H]1CCCN1C(=O)[C@H]1CC(=O)N(CC(F)(F)F)C1. The van der Waals surface area contributed by atoms with Gasteiger partial charge in [-0.25, -0.2) is 0 Å². The van der Waals surface area contributed by atoms with E-state index in [-0.39, 0.29) is 24.9 Å². The average molecular weight is 347 g/mol. The molecular weight excluding hydrogens is 323 g/mol. The molecule has 3 atom stereocenters. The Labute approximate surface area is 139 Å². The van der Waals surface area contributed by atoms with E-state index in [9.17, 15) is 22.8 Å². The van der Waals surface area contributed by atoms with Crippen molar-refractivity contribution in [1.82, 2.24) is 14.7 Å². The molecule has 5 nitrogen and oxygen atoms in total. The molecule has 3 saturated heterocycles. The molecule has 0 aromatic heterocycles. The number of likely N-dealkylation sites (N-methyl/N-ethyl adjacent to an activating group) is 1. The van der Waals surface area contributed by atoms with Gasteiger partial charge in [0, 0.05) is 31.6 Å². The van der Waals surface area contributed by atoms with Gasteiger partial charge < -0.3 is 14.7 Å². The average Bonchev–Trinajstić information content (AvgIpc) is 3.17. The number of hydrogen-bond acceptors (Lipinski definition) is 3. The Balaban J connectivity index is 1.64. The van der Waals surface area contributed by atoms with E-state index in [1.807, 2.05) is 4.90 Å². The molecular formula is C16H24F3N3O2. The summed E-state index contributed by atoms with van der Waals surface area (Å²) in [6.07, 6.45) is -0.494. The van der Waals surface area contributed by atoms with Crippen LogP contribution in [0.4, 0.5) is 13.2 Å². The molecule has 3 aliphatic heterocycles. The Bertz CT molecular complexity index is 511. The first-order valence-electron chi connectivity index (χ1n) is 8.61. The van der Waals surface area contributed by atoms with Crippen LogP contribution in [0.1, 0.15) is 32.1 Å². The van der Waals surface area contributed by atoms with Crippen LogP contribution in [-0.4, -0.2) is 78.0 Å². The fourth-order valence-electron chi connectivity index (χ4n) is 4.43. The molecule has 0 spiro atoms. The van der Waals surface area contributed by atoms with Gasteiger partial charge in [0.2, 0.25) is 11.8 Å². The van der Waals surface area contributed by atoms with E-state index in [2.05, 4.69) is 11.9 Å². The molecule has 0 saturated carbocycles. The minimum Gasteiger partial charge on any atom is -0.338 e. The summed E-state index contributed by atoms with van der Waals surface area (Å²) in [5.74, 6) is -1.35. The molecule has 0 unspecified atom stereocenters. The van der Waals surface area contributed by atoms with Crippen molar-refractivity contribution in [2.75, 3.05) is 33.2 Å². The van der Waals surface area contributed by atoms with Crippen LogP contribution < -0.4 is 0 Å². The van der Waals surface area contributed by atoms with Crippen LogP contribution in [0.25, 0.3) is 0 Å². The van der Waals surface area contributed by atoms with Crippen LogP contribution in [0, 0.1) is 5.92 Å². The minimum atomic E-state index is -4.42. The smallest absolute Gasteiger partial charge is 0.338 e. The number of rotatable bonds is 3. The lowest BCUT2D eigenvalue weighted by atomic mass is 10.0. The van der Waals surface area contributed by atoms with Crippen LogP contribution in [0.2, 0.25) is 0 Å². The topological polar surface area (TPSA) is 43.9 Å². The third-order valence-electron chi connectivity index (χ3n) is 5.54. The van der Waals surface area contributed by atoms with E-state index >= 15 is 0 Å². The lowest BCUT2D eigenvalue weighted by Gasteiger charge is -2.34. The highest BCUT2D eigenvalue weighted by Crippen LogP contribution is 2.32. The first kappa shape index (κ1) is 17.5. The van der Waals surface area contributed by atoms with Crippen molar-refractivity contribution in [3.8, 4) is 0 Å².